The van der Waals surface area contributed by atoms with Crippen LogP contribution in [0.5, 0.6) is 11.5 Å². The minimum atomic E-state index is -0.282. The highest BCUT2D eigenvalue weighted by molar-refractivity contribution is 5.91. The topological polar surface area (TPSA) is 89.8 Å². The van der Waals surface area contributed by atoms with Crippen molar-refractivity contribution < 1.29 is 23.5 Å². The van der Waals surface area contributed by atoms with Gasteiger partial charge in [-0.3, -0.25) is 9.59 Å². The van der Waals surface area contributed by atoms with E-state index in [0.717, 1.165) is 5.56 Å². The van der Waals surface area contributed by atoms with E-state index < -0.39 is 0 Å². The Labute approximate surface area is 159 Å². The summed E-state index contributed by atoms with van der Waals surface area (Å²) in [6.07, 6.45) is 2.30. The Morgan fingerprint density at radius 1 is 1.22 bits per heavy atom. The molecule has 7 nitrogen and oxygen atoms in total. The molecule has 7 heteroatoms. The predicted octanol–water partition coefficient (Wildman–Crippen LogP) is 3.07. The van der Waals surface area contributed by atoms with Gasteiger partial charge in [0.1, 0.15) is 0 Å². The van der Waals surface area contributed by atoms with E-state index in [-0.39, 0.29) is 23.6 Å². The number of carbonyl (C=O) groups excluding carboxylic acids is 2. The first-order chi connectivity index (χ1) is 13.0. The molecule has 1 aromatic heterocycles. The Balaban J connectivity index is 1.77. The molecule has 0 aliphatic rings. The third kappa shape index (κ3) is 6.06. The molecule has 1 unspecified atom stereocenters. The smallest absolute Gasteiger partial charge is 0.286 e. The number of benzene rings is 1. The van der Waals surface area contributed by atoms with Gasteiger partial charge in [0.05, 0.1) is 26.0 Å². The minimum absolute atomic E-state index is 0.0809. The first-order valence-corrected chi connectivity index (χ1v) is 8.97. The van der Waals surface area contributed by atoms with Crippen molar-refractivity contribution in [3.63, 3.8) is 0 Å². The van der Waals surface area contributed by atoms with E-state index in [1.165, 1.54) is 6.26 Å². The Morgan fingerprint density at radius 3 is 2.70 bits per heavy atom. The summed E-state index contributed by atoms with van der Waals surface area (Å²) in [5, 5.41) is 5.66. The second-order valence-corrected chi connectivity index (χ2v) is 5.97. The number of methoxy groups -OCH3 is 1. The highest BCUT2D eigenvalue weighted by Gasteiger charge is 2.13. The molecule has 1 aromatic carbocycles. The van der Waals surface area contributed by atoms with E-state index in [0.29, 0.717) is 37.5 Å². The van der Waals surface area contributed by atoms with E-state index in [1.807, 2.05) is 32.0 Å². The molecule has 2 N–H and O–H groups in total. The van der Waals surface area contributed by atoms with Crippen LogP contribution >= 0.6 is 0 Å². The van der Waals surface area contributed by atoms with Gasteiger partial charge >= 0.3 is 0 Å². The van der Waals surface area contributed by atoms with Gasteiger partial charge < -0.3 is 24.5 Å². The quantitative estimate of drug-likeness (QED) is 0.624. The summed E-state index contributed by atoms with van der Waals surface area (Å²) in [6, 6.07) is 8.68. The van der Waals surface area contributed by atoms with Crippen LogP contribution < -0.4 is 20.1 Å². The van der Waals surface area contributed by atoms with Crippen LogP contribution in [0, 0.1) is 0 Å². The lowest BCUT2D eigenvalue weighted by Crippen LogP contribution is -2.29. The van der Waals surface area contributed by atoms with Crippen LogP contribution in [0.1, 0.15) is 48.8 Å². The molecule has 0 saturated heterocycles. The lowest BCUT2D eigenvalue weighted by molar-refractivity contribution is -0.121. The second-order valence-electron chi connectivity index (χ2n) is 5.97. The van der Waals surface area contributed by atoms with Gasteiger partial charge in [-0.1, -0.05) is 6.07 Å². The van der Waals surface area contributed by atoms with Gasteiger partial charge in [0.2, 0.25) is 5.91 Å². The molecule has 1 atom stereocenters. The van der Waals surface area contributed by atoms with E-state index >= 15 is 0 Å². The van der Waals surface area contributed by atoms with E-state index in [4.69, 9.17) is 13.9 Å². The number of rotatable bonds is 10. The van der Waals surface area contributed by atoms with Gasteiger partial charge in [-0.2, -0.15) is 0 Å². The summed E-state index contributed by atoms with van der Waals surface area (Å²) in [6.45, 7) is 4.77. The Bertz CT molecular complexity index is 743. The normalized spacial score (nSPS) is 11.5. The maximum atomic E-state index is 12.1. The zero-order valence-electron chi connectivity index (χ0n) is 15.9. The zero-order valence-corrected chi connectivity index (χ0v) is 15.9. The van der Waals surface area contributed by atoms with E-state index in [2.05, 4.69) is 10.6 Å². The first kappa shape index (κ1) is 20.4. The first-order valence-electron chi connectivity index (χ1n) is 8.97. The van der Waals surface area contributed by atoms with Crippen LogP contribution in [0.4, 0.5) is 0 Å². The third-order valence-corrected chi connectivity index (χ3v) is 3.98. The Morgan fingerprint density at radius 2 is 2.04 bits per heavy atom. The summed E-state index contributed by atoms with van der Waals surface area (Å²) in [4.78, 5) is 23.8. The Kier molecular flexibility index (Phi) is 7.73. The minimum Gasteiger partial charge on any atom is -0.493 e. The molecule has 0 fully saturated rings. The fraction of sp³-hybridized carbons (Fsp3) is 0.400. The van der Waals surface area contributed by atoms with Gasteiger partial charge in [-0.25, -0.2) is 0 Å². The fourth-order valence-electron chi connectivity index (χ4n) is 2.57. The molecule has 0 bridgehead atoms. The van der Waals surface area contributed by atoms with Crippen LogP contribution in [-0.2, 0) is 4.79 Å². The number of furan rings is 1. The monoisotopic (exact) mass is 374 g/mol. The highest BCUT2D eigenvalue weighted by Crippen LogP contribution is 2.30. The number of nitrogens with one attached hydrogen (secondary N) is 2. The maximum absolute atomic E-state index is 12.1. The van der Waals surface area contributed by atoms with Crippen LogP contribution in [0.25, 0.3) is 0 Å². The summed E-state index contributed by atoms with van der Waals surface area (Å²) in [5.74, 6) is 1.21. The number of amides is 2. The van der Waals surface area contributed by atoms with Crippen molar-refractivity contribution in [3.8, 4) is 11.5 Å². The van der Waals surface area contributed by atoms with Gasteiger partial charge in [0, 0.05) is 13.0 Å². The molecule has 2 amide bonds. The molecule has 1 heterocycles. The van der Waals surface area contributed by atoms with Crippen molar-refractivity contribution in [2.75, 3.05) is 20.3 Å². The summed E-state index contributed by atoms with van der Waals surface area (Å²) >= 11 is 0. The molecular formula is C20H26N2O5. The average molecular weight is 374 g/mol. The lowest BCUT2D eigenvalue weighted by atomic mass is 10.1. The lowest BCUT2D eigenvalue weighted by Gasteiger charge is -2.17. The summed E-state index contributed by atoms with van der Waals surface area (Å²) in [7, 11) is 1.59. The van der Waals surface area contributed by atoms with Crippen LogP contribution in [-0.4, -0.2) is 32.1 Å². The summed E-state index contributed by atoms with van der Waals surface area (Å²) in [5.41, 5.74) is 0.926. The van der Waals surface area contributed by atoms with Gasteiger partial charge in [0.25, 0.3) is 5.91 Å². The van der Waals surface area contributed by atoms with Crippen LogP contribution in [0.3, 0.4) is 0 Å². The number of hydrogen-bond acceptors (Lipinski definition) is 5. The van der Waals surface area contributed by atoms with Crippen LogP contribution in [0.2, 0.25) is 0 Å². The van der Waals surface area contributed by atoms with Crippen molar-refractivity contribution in [2.24, 2.45) is 0 Å². The largest absolute Gasteiger partial charge is 0.493 e. The van der Waals surface area contributed by atoms with Crippen molar-refractivity contribution >= 4 is 11.8 Å². The molecule has 0 saturated carbocycles. The average Bonchev–Trinajstić information content (AvgIpc) is 3.20. The molecule has 2 rings (SSSR count). The third-order valence-electron chi connectivity index (χ3n) is 3.98. The molecule has 146 valence electrons. The Hall–Kier alpha value is -2.96. The highest BCUT2D eigenvalue weighted by atomic mass is 16.5. The molecule has 0 aliphatic heterocycles. The van der Waals surface area contributed by atoms with Crippen LogP contribution in [0.15, 0.2) is 41.0 Å². The molecule has 0 spiro atoms. The van der Waals surface area contributed by atoms with Crippen molar-refractivity contribution in [1.82, 2.24) is 10.6 Å². The predicted molar refractivity (Wildman–Crippen MR) is 101 cm³/mol. The SMILES string of the molecule is CCOc1ccc(C(C)NC(=O)CCCNC(=O)c2ccco2)cc1OC. The molecule has 0 radical (unpaired) electrons. The molecule has 27 heavy (non-hydrogen) atoms. The van der Waals surface area contributed by atoms with E-state index in [1.54, 1.807) is 19.2 Å². The molecule has 2 aromatic rings. The standard InChI is InChI=1S/C20H26N2O5/c1-4-26-16-10-9-15(13-18(16)25-3)14(2)22-19(23)8-5-11-21-20(24)17-7-6-12-27-17/h6-7,9-10,12-14H,4-5,8,11H2,1-3H3,(H,21,24)(H,22,23). The van der Waals surface area contributed by atoms with Gasteiger partial charge in [-0.15, -0.1) is 0 Å². The maximum Gasteiger partial charge on any atom is 0.286 e. The number of ether oxygens (including phenoxy) is 2. The molecular weight excluding hydrogens is 348 g/mol. The zero-order chi connectivity index (χ0) is 19.6. The van der Waals surface area contributed by atoms with Gasteiger partial charge in [-0.05, 0) is 50.1 Å². The van der Waals surface area contributed by atoms with Crippen molar-refractivity contribution in [1.29, 1.82) is 0 Å². The second kappa shape index (κ2) is 10.3. The number of carbonyl (C=O) groups is 2. The fourth-order valence-corrected chi connectivity index (χ4v) is 2.57. The number of hydrogen-bond donors (Lipinski definition) is 2. The van der Waals surface area contributed by atoms with Crippen molar-refractivity contribution in [2.45, 2.75) is 32.7 Å². The van der Waals surface area contributed by atoms with E-state index in [9.17, 15) is 9.59 Å². The molecule has 0 aliphatic carbocycles. The van der Waals surface area contributed by atoms with Gasteiger partial charge in [0.15, 0.2) is 17.3 Å². The van der Waals surface area contributed by atoms with Crippen molar-refractivity contribution in [3.05, 3.63) is 47.9 Å². The summed E-state index contributed by atoms with van der Waals surface area (Å²) < 4.78 is 15.8.